The number of aryl methyl sites for hydroxylation is 2. The maximum atomic E-state index is 11.2. The summed E-state index contributed by atoms with van der Waals surface area (Å²) < 4.78 is 0. The molecule has 1 heterocycles. The molecule has 0 atom stereocenters. The van der Waals surface area contributed by atoms with Crippen LogP contribution in [0.1, 0.15) is 24.0 Å². The smallest absolute Gasteiger partial charge is 0.324 e. The van der Waals surface area contributed by atoms with Crippen LogP contribution in [0.4, 0.5) is 5.69 Å². The highest BCUT2D eigenvalue weighted by molar-refractivity contribution is 5.78. The lowest BCUT2D eigenvalue weighted by atomic mass is 9.80. The van der Waals surface area contributed by atoms with Gasteiger partial charge >= 0.3 is 5.97 Å². The zero-order chi connectivity index (χ0) is 14.0. The van der Waals surface area contributed by atoms with Gasteiger partial charge in [0, 0.05) is 18.8 Å². The summed E-state index contributed by atoms with van der Waals surface area (Å²) in [5.74, 6) is -0.991. The maximum absolute atomic E-state index is 11.2. The Morgan fingerprint density at radius 1 is 1.26 bits per heavy atom. The van der Waals surface area contributed by atoms with Crippen LogP contribution in [0, 0.1) is 30.6 Å². The molecule has 4 nitrogen and oxygen atoms in total. The van der Waals surface area contributed by atoms with Crippen molar-refractivity contribution in [3.63, 3.8) is 0 Å². The molecule has 2 rings (SSSR count). The molecule has 0 spiro atoms. The summed E-state index contributed by atoms with van der Waals surface area (Å²) in [6.45, 7) is 5.33. The largest absolute Gasteiger partial charge is 0.480 e. The average Bonchev–Trinajstić information content (AvgIpc) is 2.37. The Morgan fingerprint density at radius 2 is 1.79 bits per heavy atom. The summed E-state index contributed by atoms with van der Waals surface area (Å²) in [6, 6.07) is 8.31. The lowest BCUT2D eigenvalue weighted by Gasteiger charge is -2.36. The van der Waals surface area contributed by atoms with Gasteiger partial charge in [-0.05, 0) is 49.9 Å². The van der Waals surface area contributed by atoms with Gasteiger partial charge in [0.25, 0.3) is 0 Å². The van der Waals surface area contributed by atoms with Crippen molar-refractivity contribution in [3.05, 3.63) is 29.3 Å². The van der Waals surface area contributed by atoms with Crippen molar-refractivity contribution in [1.82, 2.24) is 0 Å². The van der Waals surface area contributed by atoms with Crippen LogP contribution < -0.4 is 4.90 Å². The van der Waals surface area contributed by atoms with Gasteiger partial charge in [-0.15, -0.1) is 0 Å². The van der Waals surface area contributed by atoms with Gasteiger partial charge in [0.15, 0.2) is 5.41 Å². The number of nitrogens with zero attached hydrogens (tertiary/aromatic N) is 2. The van der Waals surface area contributed by atoms with Crippen molar-refractivity contribution >= 4 is 11.7 Å². The van der Waals surface area contributed by atoms with E-state index in [2.05, 4.69) is 36.9 Å². The number of carbonyl (C=O) groups is 1. The summed E-state index contributed by atoms with van der Waals surface area (Å²) in [4.78, 5) is 13.4. The fourth-order valence-corrected chi connectivity index (χ4v) is 2.65. The second kappa shape index (κ2) is 4.93. The van der Waals surface area contributed by atoms with Crippen LogP contribution >= 0.6 is 0 Å². The van der Waals surface area contributed by atoms with Crippen molar-refractivity contribution in [2.75, 3.05) is 18.0 Å². The fourth-order valence-electron chi connectivity index (χ4n) is 2.65. The first-order chi connectivity index (χ1) is 8.97. The third-order valence-corrected chi connectivity index (χ3v) is 3.81. The number of hydrogen-bond acceptors (Lipinski definition) is 3. The minimum absolute atomic E-state index is 0.381. The van der Waals surface area contributed by atoms with Gasteiger partial charge in [-0.1, -0.05) is 6.07 Å². The second-order valence-corrected chi connectivity index (χ2v) is 5.33. The van der Waals surface area contributed by atoms with Gasteiger partial charge in [-0.2, -0.15) is 5.26 Å². The molecule has 100 valence electrons. The molecule has 0 bridgehead atoms. The molecule has 1 aliphatic rings. The topological polar surface area (TPSA) is 64.3 Å². The Balaban J connectivity index is 2.16. The van der Waals surface area contributed by atoms with Gasteiger partial charge in [0.1, 0.15) is 0 Å². The Kier molecular flexibility index (Phi) is 3.48. The third-order valence-electron chi connectivity index (χ3n) is 3.81. The van der Waals surface area contributed by atoms with E-state index in [1.54, 1.807) is 0 Å². The molecule has 19 heavy (non-hydrogen) atoms. The van der Waals surface area contributed by atoms with Crippen LogP contribution in [0.25, 0.3) is 0 Å². The second-order valence-electron chi connectivity index (χ2n) is 5.33. The first-order valence-electron chi connectivity index (χ1n) is 6.45. The SMILES string of the molecule is Cc1cc(C)cc(N2CCC(C#N)(C(=O)O)CC2)c1. The number of anilines is 1. The molecule has 0 radical (unpaired) electrons. The maximum Gasteiger partial charge on any atom is 0.324 e. The number of carboxylic acids is 1. The van der Waals surface area contributed by atoms with E-state index >= 15 is 0 Å². The van der Waals surface area contributed by atoms with Crippen molar-refractivity contribution in [1.29, 1.82) is 5.26 Å². The summed E-state index contributed by atoms with van der Waals surface area (Å²) in [7, 11) is 0. The Morgan fingerprint density at radius 3 is 2.21 bits per heavy atom. The highest BCUT2D eigenvalue weighted by Gasteiger charge is 2.42. The molecule has 4 heteroatoms. The van der Waals surface area contributed by atoms with Crippen LogP contribution in [-0.2, 0) is 4.79 Å². The van der Waals surface area contributed by atoms with Gasteiger partial charge in [0.2, 0.25) is 0 Å². The van der Waals surface area contributed by atoms with E-state index in [-0.39, 0.29) is 0 Å². The average molecular weight is 258 g/mol. The lowest BCUT2D eigenvalue weighted by Crippen LogP contribution is -2.43. The minimum atomic E-state index is -1.20. The standard InChI is InChI=1S/C15H18N2O2/c1-11-7-12(2)9-13(8-11)17-5-3-15(10-16,4-6-17)14(18)19/h7-9H,3-6H2,1-2H3,(H,18,19). The molecule has 0 aliphatic carbocycles. The van der Waals surface area contributed by atoms with Crippen LogP contribution in [0.3, 0.4) is 0 Å². The number of aliphatic carboxylic acids is 1. The molecular weight excluding hydrogens is 240 g/mol. The molecule has 0 saturated carbocycles. The number of rotatable bonds is 2. The third kappa shape index (κ3) is 2.55. The van der Waals surface area contributed by atoms with Crippen molar-refractivity contribution in [3.8, 4) is 6.07 Å². The molecule has 1 fully saturated rings. The van der Waals surface area contributed by atoms with E-state index in [1.165, 1.54) is 11.1 Å². The predicted octanol–water partition coefficient (Wildman–Crippen LogP) is 2.50. The molecule has 1 aromatic rings. The van der Waals surface area contributed by atoms with E-state index in [0.717, 1.165) is 5.69 Å². The molecule has 0 unspecified atom stereocenters. The molecule has 1 aromatic carbocycles. The molecule has 1 saturated heterocycles. The van der Waals surface area contributed by atoms with Crippen LogP contribution in [-0.4, -0.2) is 24.2 Å². The van der Waals surface area contributed by atoms with Crippen molar-refractivity contribution in [2.45, 2.75) is 26.7 Å². The summed E-state index contributed by atoms with van der Waals surface area (Å²) in [6.07, 6.45) is 0.762. The number of piperidine rings is 1. The highest BCUT2D eigenvalue weighted by Crippen LogP contribution is 2.33. The predicted molar refractivity (Wildman–Crippen MR) is 73.0 cm³/mol. The monoisotopic (exact) mass is 258 g/mol. The lowest BCUT2D eigenvalue weighted by molar-refractivity contribution is -0.146. The van der Waals surface area contributed by atoms with E-state index in [0.29, 0.717) is 25.9 Å². The van der Waals surface area contributed by atoms with Crippen LogP contribution in [0.15, 0.2) is 18.2 Å². The number of nitriles is 1. The number of hydrogen-bond donors (Lipinski definition) is 1. The Bertz CT molecular complexity index is 517. The zero-order valence-electron chi connectivity index (χ0n) is 11.3. The highest BCUT2D eigenvalue weighted by atomic mass is 16.4. The van der Waals surface area contributed by atoms with E-state index in [4.69, 9.17) is 5.26 Å². The van der Waals surface area contributed by atoms with Crippen LogP contribution in [0.5, 0.6) is 0 Å². The minimum Gasteiger partial charge on any atom is -0.480 e. The first kappa shape index (κ1) is 13.4. The summed E-state index contributed by atoms with van der Waals surface area (Å²) in [5.41, 5.74) is 2.32. The van der Waals surface area contributed by atoms with Gasteiger partial charge in [-0.3, -0.25) is 4.79 Å². The molecule has 1 N–H and O–H groups in total. The first-order valence-corrected chi connectivity index (χ1v) is 6.45. The fraction of sp³-hybridized carbons (Fsp3) is 0.467. The number of benzene rings is 1. The zero-order valence-corrected chi connectivity index (χ0v) is 11.3. The molecule has 0 amide bonds. The molecular formula is C15H18N2O2. The number of carboxylic acid groups (broad SMARTS) is 1. The normalized spacial score (nSPS) is 17.8. The summed E-state index contributed by atoms with van der Waals surface area (Å²) in [5, 5.41) is 18.3. The Hall–Kier alpha value is -2.02. The van der Waals surface area contributed by atoms with Gasteiger partial charge < -0.3 is 10.0 Å². The van der Waals surface area contributed by atoms with E-state index in [9.17, 15) is 9.90 Å². The Labute approximate surface area is 113 Å². The van der Waals surface area contributed by atoms with E-state index in [1.807, 2.05) is 6.07 Å². The van der Waals surface area contributed by atoms with Gasteiger partial charge in [0.05, 0.1) is 6.07 Å². The summed E-state index contributed by atoms with van der Waals surface area (Å²) >= 11 is 0. The molecule has 0 aromatic heterocycles. The quantitative estimate of drug-likeness (QED) is 0.885. The molecule has 1 aliphatic heterocycles. The van der Waals surface area contributed by atoms with Crippen molar-refractivity contribution in [2.24, 2.45) is 5.41 Å². The van der Waals surface area contributed by atoms with E-state index < -0.39 is 11.4 Å². The van der Waals surface area contributed by atoms with Crippen molar-refractivity contribution < 1.29 is 9.90 Å². The van der Waals surface area contributed by atoms with Crippen LogP contribution in [0.2, 0.25) is 0 Å². The van der Waals surface area contributed by atoms with Gasteiger partial charge in [-0.25, -0.2) is 0 Å².